The predicted octanol–water partition coefficient (Wildman–Crippen LogP) is 3.78. The van der Waals surface area contributed by atoms with Gasteiger partial charge in [0.15, 0.2) is 0 Å². The van der Waals surface area contributed by atoms with Gasteiger partial charge in [-0.15, -0.1) is 0 Å². The van der Waals surface area contributed by atoms with Crippen LogP contribution in [0.15, 0.2) is 78.9 Å². The van der Waals surface area contributed by atoms with Crippen molar-refractivity contribution in [3.05, 3.63) is 106 Å². The average molecular weight is 465 g/mol. The van der Waals surface area contributed by atoms with Crippen LogP contribution < -0.4 is 10.6 Å². The molecule has 0 saturated carbocycles. The quantitative estimate of drug-likeness (QED) is 0.296. The molecule has 0 saturated heterocycles. The van der Waals surface area contributed by atoms with Gasteiger partial charge in [0.1, 0.15) is 11.9 Å². The van der Waals surface area contributed by atoms with E-state index in [1.807, 2.05) is 0 Å². The number of amides is 2. The van der Waals surface area contributed by atoms with Crippen LogP contribution in [0.2, 0.25) is 0 Å². The van der Waals surface area contributed by atoms with E-state index in [0.29, 0.717) is 11.3 Å². The smallest absolute Gasteiger partial charge is 0.329 e. The third-order valence-corrected chi connectivity index (χ3v) is 4.71. The maximum absolute atomic E-state index is 13.1. The number of carbonyl (C=O) groups excluding carboxylic acids is 3. The Bertz CT molecular complexity index is 1200. The first-order chi connectivity index (χ1) is 16.2. The van der Waals surface area contributed by atoms with E-state index in [4.69, 9.17) is 4.74 Å². The van der Waals surface area contributed by atoms with Crippen LogP contribution >= 0.6 is 0 Å². The van der Waals surface area contributed by atoms with Gasteiger partial charge in [-0.05, 0) is 37.3 Å². The zero-order valence-corrected chi connectivity index (χ0v) is 17.9. The van der Waals surface area contributed by atoms with E-state index in [-0.39, 0.29) is 11.3 Å². The van der Waals surface area contributed by atoms with Crippen LogP contribution in [0.1, 0.15) is 28.9 Å². The Labute approximate surface area is 193 Å². The molecule has 9 nitrogen and oxygen atoms in total. The number of anilines is 1. The zero-order valence-electron chi connectivity index (χ0n) is 17.9. The Morgan fingerprint density at radius 2 is 1.65 bits per heavy atom. The van der Waals surface area contributed by atoms with Gasteiger partial charge < -0.3 is 15.4 Å². The topological polar surface area (TPSA) is 128 Å². The van der Waals surface area contributed by atoms with Crippen molar-refractivity contribution in [3.8, 4) is 0 Å². The van der Waals surface area contributed by atoms with Crippen LogP contribution in [-0.4, -0.2) is 28.7 Å². The van der Waals surface area contributed by atoms with Crippen molar-refractivity contribution in [3.63, 3.8) is 0 Å². The van der Waals surface area contributed by atoms with Crippen LogP contribution in [0.5, 0.6) is 0 Å². The minimum Gasteiger partial charge on any atom is -0.446 e. The molecule has 0 fully saturated rings. The lowest BCUT2D eigenvalue weighted by atomic mass is 10.1. The van der Waals surface area contributed by atoms with Crippen molar-refractivity contribution < 1.29 is 28.4 Å². The monoisotopic (exact) mass is 465 g/mol. The van der Waals surface area contributed by atoms with Crippen LogP contribution in [0.25, 0.3) is 0 Å². The maximum atomic E-state index is 13.1. The lowest BCUT2D eigenvalue weighted by molar-refractivity contribution is -0.384. The normalized spacial score (nSPS) is 12.2. The molecule has 2 atom stereocenters. The van der Waals surface area contributed by atoms with Crippen molar-refractivity contribution in [2.45, 2.75) is 19.1 Å². The maximum Gasteiger partial charge on any atom is 0.329 e. The number of non-ortho nitro benzene ring substituents is 1. The summed E-state index contributed by atoms with van der Waals surface area (Å²) in [6.45, 7) is 1.36. The molecule has 2 N–H and O–H groups in total. The second-order valence-electron chi connectivity index (χ2n) is 7.23. The fourth-order valence-corrected chi connectivity index (χ4v) is 2.96. The molecule has 10 heteroatoms. The molecule has 0 radical (unpaired) electrons. The highest BCUT2D eigenvalue weighted by Gasteiger charge is 2.28. The van der Waals surface area contributed by atoms with Crippen LogP contribution in [0.3, 0.4) is 0 Å². The molecule has 3 aromatic carbocycles. The first kappa shape index (κ1) is 24.1. The molecule has 2 unspecified atom stereocenters. The number of nitro groups is 1. The van der Waals surface area contributed by atoms with Gasteiger partial charge in [0, 0.05) is 28.9 Å². The van der Waals surface area contributed by atoms with Gasteiger partial charge in [0.25, 0.3) is 17.5 Å². The fourth-order valence-electron chi connectivity index (χ4n) is 2.96. The van der Waals surface area contributed by atoms with E-state index in [2.05, 4.69) is 10.6 Å². The summed E-state index contributed by atoms with van der Waals surface area (Å²) in [7, 11) is 0. The lowest BCUT2D eigenvalue weighted by Crippen LogP contribution is -2.41. The summed E-state index contributed by atoms with van der Waals surface area (Å²) < 4.78 is 18.6. The average Bonchev–Trinajstić information content (AvgIpc) is 2.84. The number of benzene rings is 3. The van der Waals surface area contributed by atoms with Gasteiger partial charge in [0.05, 0.1) is 4.92 Å². The molecule has 0 aliphatic heterocycles. The summed E-state index contributed by atoms with van der Waals surface area (Å²) in [5.41, 5.74) is 0.398. The first-order valence-electron chi connectivity index (χ1n) is 10.1. The van der Waals surface area contributed by atoms with Crippen molar-refractivity contribution in [1.29, 1.82) is 0 Å². The van der Waals surface area contributed by atoms with Crippen molar-refractivity contribution >= 4 is 29.2 Å². The number of hydrogen-bond donors (Lipinski definition) is 2. The minimum absolute atomic E-state index is 0.0116. The molecule has 0 aliphatic carbocycles. The number of hydrogen-bond acceptors (Lipinski definition) is 6. The fraction of sp³-hybridized carbons (Fsp3) is 0.125. The number of nitrogens with one attached hydrogen (secondary N) is 2. The van der Waals surface area contributed by atoms with E-state index in [1.54, 1.807) is 30.3 Å². The number of rotatable bonds is 8. The van der Waals surface area contributed by atoms with Gasteiger partial charge in [0.2, 0.25) is 6.10 Å². The Kier molecular flexibility index (Phi) is 7.65. The summed E-state index contributed by atoms with van der Waals surface area (Å²) in [5.74, 6) is -2.78. The Morgan fingerprint density at radius 3 is 2.29 bits per heavy atom. The van der Waals surface area contributed by atoms with Gasteiger partial charge in [-0.1, -0.05) is 36.4 Å². The van der Waals surface area contributed by atoms with E-state index in [0.717, 1.165) is 6.07 Å². The standard InChI is InChI=1S/C24H20FN3O6/c1-15(26-22(29)17-8-5-9-20(14-17)28(32)33)24(31)34-21(16-6-3-2-4-7-16)23(30)27-19-12-10-18(25)11-13-19/h2-15,21H,1H3,(H,26,29)(H,27,30). The highest BCUT2D eigenvalue weighted by Crippen LogP contribution is 2.21. The molecule has 34 heavy (non-hydrogen) atoms. The number of nitro benzene ring substituents is 1. The van der Waals surface area contributed by atoms with Crippen molar-refractivity contribution in [2.24, 2.45) is 0 Å². The van der Waals surface area contributed by atoms with Crippen LogP contribution in [0, 0.1) is 15.9 Å². The Balaban J connectivity index is 1.72. The molecule has 174 valence electrons. The Morgan fingerprint density at radius 1 is 0.971 bits per heavy atom. The minimum atomic E-state index is -1.35. The number of esters is 1. The van der Waals surface area contributed by atoms with Crippen LogP contribution in [0.4, 0.5) is 15.8 Å². The van der Waals surface area contributed by atoms with E-state index in [9.17, 15) is 28.9 Å². The second-order valence-corrected chi connectivity index (χ2v) is 7.23. The van der Waals surface area contributed by atoms with E-state index >= 15 is 0 Å². The third-order valence-electron chi connectivity index (χ3n) is 4.71. The summed E-state index contributed by atoms with van der Waals surface area (Å²) in [6, 6.07) is 17.2. The van der Waals surface area contributed by atoms with Crippen molar-refractivity contribution in [1.82, 2.24) is 5.32 Å². The summed E-state index contributed by atoms with van der Waals surface area (Å²) in [5, 5.41) is 15.9. The molecule has 0 aromatic heterocycles. The highest BCUT2D eigenvalue weighted by atomic mass is 19.1. The first-order valence-corrected chi connectivity index (χ1v) is 10.1. The molecule has 2 amide bonds. The van der Waals surface area contributed by atoms with Gasteiger partial charge in [-0.2, -0.15) is 0 Å². The summed E-state index contributed by atoms with van der Waals surface area (Å²) in [6.07, 6.45) is -1.35. The third kappa shape index (κ3) is 6.22. The largest absolute Gasteiger partial charge is 0.446 e. The number of ether oxygens (including phenoxy) is 1. The number of carbonyl (C=O) groups is 3. The molecular formula is C24H20FN3O6. The lowest BCUT2D eigenvalue weighted by Gasteiger charge is -2.21. The van der Waals surface area contributed by atoms with Gasteiger partial charge in [-0.25, -0.2) is 9.18 Å². The highest BCUT2D eigenvalue weighted by molar-refractivity contribution is 5.98. The summed E-state index contributed by atoms with van der Waals surface area (Å²) >= 11 is 0. The molecule has 0 heterocycles. The number of halogens is 1. The summed E-state index contributed by atoms with van der Waals surface area (Å²) in [4.78, 5) is 48.3. The van der Waals surface area contributed by atoms with Gasteiger partial charge >= 0.3 is 5.97 Å². The molecule has 0 aliphatic rings. The van der Waals surface area contributed by atoms with Crippen molar-refractivity contribution in [2.75, 3.05) is 5.32 Å². The molecule has 3 rings (SSSR count). The second kappa shape index (κ2) is 10.8. The number of nitrogens with zero attached hydrogens (tertiary/aromatic N) is 1. The zero-order chi connectivity index (χ0) is 24.7. The molecule has 3 aromatic rings. The van der Waals surface area contributed by atoms with E-state index in [1.165, 1.54) is 49.4 Å². The van der Waals surface area contributed by atoms with Gasteiger partial charge in [-0.3, -0.25) is 19.7 Å². The van der Waals surface area contributed by atoms with Crippen LogP contribution in [-0.2, 0) is 14.3 Å². The van der Waals surface area contributed by atoms with E-state index < -0.39 is 40.7 Å². The Hall–Kier alpha value is -4.60. The molecule has 0 spiro atoms. The molecular weight excluding hydrogens is 445 g/mol. The SMILES string of the molecule is CC(NC(=O)c1cccc([N+](=O)[O-])c1)C(=O)OC(C(=O)Nc1ccc(F)cc1)c1ccccc1. The molecule has 0 bridgehead atoms. The predicted molar refractivity (Wildman–Crippen MR) is 120 cm³/mol.